The van der Waals surface area contributed by atoms with Gasteiger partial charge in [-0.3, -0.25) is 9.59 Å². The number of aryl methyl sites for hydroxylation is 1. The maximum absolute atomic E-state index is 12.5. The van der Waals surface area contributed by atoms with Crippen LogP contribution in [0.1, 0.15) is 63.8 Å². The van der Waals surface area contributed by atoms with E-state index in [9.17, 15) is 9.59 Å². The van der Waals surface area contributed by atoms with Gasteiger partial charge >= 0.3 is 0 Å². The number of hydrogen-bond acceptors (Lipinski definition) is 5. The average molecular weight is 372 g/mol. The fraction of sp³-hybridized carbons (Fsp3) is 0.600. The second-order valence-corrected chi connectivity index (χ2v) is 7.95. The second kappa shape index (κ2) is 8.06. The number of carbonyl (C=O) groups is 1. The van der Waals surface area contributed by atoms with Gasteiger partial charge in [0.25, 0.3) is 5.56 Å². The zero-order valence-corrected chi connectivity index (χ0v) is 16.5. The van der Waals surface area contributed by atoms with E-state index < -0.39 is 0 Å². The van der Waals surface area contributed by atoms with E-state index in [1.165, 1.54) is 10.7 Å². The van der Waals surface area contributed by atoms with Crippen LogP contribution in [0.25, 0.3) is 11.3 Å². The second-order valence-electron chi connectivity index (χ2n) is 7.95. The molecule has 146 valence electrons. The van der Waals surface area contributed by atoms with Crippen LogP contribution in [0.3, 0.4) is 0 Å². The summed E-state index contributed by atoms with van der Waals surface area (Å²) >= 11 is 0. The highest BCUT2D eigenvalue weighted by Gasteiger charge is 2.21. The molecule has 0 saturated heterocycles. The van der Waals surface area contributed by atoms with Gasteiger partial charge in [0, 0.05) is 23.7 Å². The molecule has 2 heterocycles. The summed E-state index contributed by atoms with van der Waals surface area (Å²) in [7, 11) is 0. The minimum absolute atomic E-state index is 0.0691. The summed E-state index contributed by atoms with van der Waals surface area (Å²) in [5.74, 6) is 1.15. The van der Waals surface area contributed by atoms with Crippen LogP contribution < -0.4 is 10.9 Å². The van der Waals surface area contributed by atoms with E-state index >= 15 is 0 Å². The molecule has 0 bridgehead atoms. The minimum Gasteiger partial charge on any atom is -0.356 e. The van der Waals surface area contributed by atoms with E-state index in [2.05, 4.69) is 22.5 Å². The zero-order valence-electron chi connectivity index (χ0n) is 16.5. The van der Waals surface area contributed by atoms with E-state index in [4.69, 9.17) is 4.52 Å². The Kier molecular flexibility index (Phi) is 5.77. The van der Waals surface area contributed by atoms with Gasteiger partial charge in [0.1, 0.15) is 6.54 Å². The molecule has 7 heteroatoms. The first-order chi connectivity index (χ1) is 12.8. The maximum Gasteiger partial charge on any atom is 0.267 e. The number of carbonyl (C=O) groups excluding carboxylic acids is 1. The molecule has 0 aliphatic heterocycles. The molecule has 0 radical (unpaired) electrons. The number of rotatable bonds is 5. The van der Waals surface area contributed by atoms with Gasteiger partial charge in [-0.15, -0.1) is 0 Å². The molecule has 0 unspecified atom stereocenters. The number of nitrogens with zero attached hydrogens (tertiary/aromatic N) is 3. The van der Waals surface area contributed by atoms with Gasteiger partial charge in [-0.05, 0) is 44.4 Å². The number of nitrogens with one attached hydrogen (secondary N) is 1. The lowest BCUT2D eigenvalue weighted by Gasteiger charge is -2.27. The van der Waals surface area contributed by atoms with Crippen molar-refractivity contribution in [2.75, 3.05) is 0 Å². The molecule has 2 aromatic rings. The monoisotopic (exact) mass is 372 g/mol. The highest BCUT2D eigenvalue weighted by Crippen LogP contribution is 2.27. The summed E-state index contributed by atoms with van der Waals surface area (Å²) in [5, 5.41) is 11.4. The van der Waals surface area contributed by atoms with Crippen molar-refractivity contribution >= 4 is 5.91 Å². The molecule has 0 spiro atoms. The van der Waals surface area contributed by atoms with Crippen LogP contribution in [0, 0.1) is 12.8 Å². The molecule has 0 atom stereocenters. The minimum atomic E-state index is -0.323. The van der Waals surface area contributed by atoms with Gasteiger partial charge < -0.3 is 9.84 Å². The smallest absolute Gasteiger partial charge is 0.267 e. The molecule has 1 saturated carbocycles. The van der Waals surface area contributed by atoms with Crippen molar-refractivity contribution in [3.8, 4) is 11.3 Å². The van der Waals surface area contributed by atoms with Crippen LogP contribution in [-0.2, 0) is 11.3 Å². The van der Waals surface area contributed by atoms with Gasteiger partial charge in [-0.2, -0.15) is 5.10 Å². The van der Waals surface area contributed by atoms with Crippen molar-refractivity contribution in [3.63, 3.8) is 0 Å². The highest BCUT2D eigenvalue weighted by molar-refractivity contribution is 5.76. The van der Waals surface area contributed by atoms with Crippen molar-refractivity contribution in [3.05, 3.63) is 33.9 Å². The molecule has 7 nitrogen and oxygen atoms in total. The SMILES string of the molecule is Cc1cc(-c2cc(=O)n(CC(=O)NC3CCC(C)CC3)nc2C(C)C)on1. The van der Waals surface area contributed by atoms with Crippen LogP contribution in [0.4, 0.5) is 0 Å². The van der Waals surface area contributed by atoms with Crippen molar-refractivity contribution in [1.29, 1.82) is 0 Å². The Bertz CT molecular complexity index is 860. The van der Waals surface area contributed by atoms with Crippen LogP contribution in [0.15, 0.2) is 21.5 Å². The Hall–Kier alpha value is -2.44. The molecular weight excluding hydrogens is 344 g/mol. The van der Waals surface area contributed by atoms with Gasteiger partial charge in [0.15, 0.2) is 5.76 Å². The third-order valence-corrected chi connectivity index (χ3v) is 5.14. The molecule has 1 aliphatic carbocycles. The molecule has 1 N–H and O–H groups in total. The van der Waals surface area contributed by atoms with Crippen molar-refractivity contribution in [1.82, 2.24) is 20.3 Å². The molecule has 0 aromatic carbocycles. The normalized spacial score (nSPS) is 20.0. The van der Waals surface area contributed by atoms with Gasteiger partial charge in [0.2, 0.25) is 5.91 Å². The third kappa shape index (κ3) is 4.64. The van der Waals surface area contributed by atoms with Crippen molar-refractivity contribution in [2.24, 2.45) is 5.92 Å². The summed E-state index contributed by atoms with van der Waals surface area (Å²) < 4.78 is 6.55. The summed E-state index contributed by atoms with van der Waals surface area (Å²) in [6, 6.07) is 3.46. The first-order valence-corrected chi connectivity index (χ1v) is 9.68. The zero-order chi connectivity index (χ0) is 19.6. The summed E-state index contributed by atoms with van der Waals surface area (Å²) in [4.78, 5) is 24.9. The van der Waals surface area contributed by atoms with Crippen molar-refractivity contribution in [2.45, 2.75) is 71.9 Å². The Balaban J connectivity index is 1.78. The van der Waals surface area contributed by atoms with Crippen LogP contribution >= 0.6 is 0 Å². The van der Waals surface area contributed by atoms with Gasteiger partial charge in [0.05, 0.1) is 11.4 Å². The fourth-order valence-electron chi connectivity index (χ4n) is 3.55. The summed E-state index contributed by atoms with van der Waals surface area (Å²) in [6.45, 7) is 7.99. The average Bonchev–Trinajstić information content (AvgIpc) is 3.04. The molecule has 1 fully saturated rings. The van der Waals surface area contributed by atoms with Crippen molar-refractivity contribution < 1.29 is 9.32 Å². The van der Waals surface area contributed by atoms with E-state index in [0.717, 1.165) is 37.3 Å². The molecule has 27 heavy (non-hydrogen) atoms. The third-order valence-electron chi connectivity index (χ3n) is 5.14. The van der Waals surface area contributed by atoms with Gasteiger partial charge in [-0.25, -0.2) is 4.68 Å². The Morgan fingerprint density at radius 3 is 2.59 bits per heavy atom. The van der Waals surface area contributed by atoms with Gasteiger partial charge in [-0.1, -0.05) is 25.9 Å². The predicted molar refractivity (Wildman–Crippen MR) is 102 cm³/mol. The lowest BCUT2D eigenvalue weighted by molar-refractivity contribution is -0.122. The Morgan fingerprint density at radius 1 is 1.30 bits per heavy atom. The number of aromatic nitrogens is 3. The van der Waals surface area contributed by atoms with Crippen LogP contribution in [0.2, 0.25) is 0 Å². The lowest BCUT2D eigenvalue weighted by atomic mass is 9.87. The molecule has 3 rings (SSSR count). The van der Waals surface area contributed by atoms with E-state index in [1.807, 2.05) is 20.8 Å². The molecule has 1 amide bonds. The van der Waals surface area contributed by atoms with Crippen LogP contribution in [-0.4, -0.2) is 26.9 Å². The largest absolute Gasteiger partial charge is 0.356 e. The molecule has 1 aliphatic rings. The van der Waals surface area contributed by atoms with E-state index in [-0.39, 0.29) is 30.0 Å². The standard InChI is InChI=1S/C20H28N4O3/c1-12(2)20-16(17-9-14(4)23-27-17)10-19(26)24(22-20)11-18(25)21-15-7-5-13(3)6-8-15/h9-10,12-13,15H,5-8,11H2,1-4H3,(H,21,25). The summed E-state index contributed by atoms with van der Waals surface area (Å²) in [5.41, 5.74) is 1.76. The topological polar surface area (TPSA) is 90.0 Å². The first-order valence-electron chi connectivity index (χ1n) is 9.68. The first kappa shape index (κ1) is 19.3. The predicted octanol–water partition coefficient (Wildman–Crippen LogP) is 3.03. The summed E-state index contributed by atoms with van der Waals surface area (Å²) in [6.07, 6.45) is 4.25. The molecule has 2 aromatic heterocycles. The Labute approximate surface area is 159 Å². The fourth-order valence-corrected chi connectivity index (χ4v) is 3.55. The quantitative estimate of drug-likeness (QED) is 0.871. The van der Waals surface area contributed by atoms with E-state index in [0.29, 0.717) is 17.0 Å². The highest BCUT2D eigenvalue weighted by atomic mass is 16.5. The van der Waals surface area contributed by atoms with Crippen LogP contribution in [0.5, 0.6) is 0 Å². The maximum atomic E-state index is 12.5. The molecular formula is C20H28N4O3. The number of hydrogen-bond donors (Lipinski definition) is 1. The van der Waals surface area contributed by atoms with E-state index in [1.54, 1.807) is 6.07 Å². The lowest BCUT2D eigenvalue weighted by Crippen LogP contribution is -2.41. The number of amides is 1. The Morgan fingerprint density at radius 2 is 2.00 bits per heavy atom.